The molecule has 2 saturated carbocycles. The maximum atomic E-state index is 14.0. The lowest BCUT2D eigenvalue weighted by Crippen LogP contribution is -3.00. The van der Waals surface area contributed by atoms with Crippen LogP contribution in [0.1, 0.15) is 71.7 Å². The first-order chi connectivity index (χ1) is 16.2. The van der Waals surface area contributed by atoms with Crippen LogP contribution in [0.15, 0.2) is 48.5 Å². The molecule has 0 aliphatic heterocycles. The second-order valence-electron chi connectivity index (χ2n) is 9.71. The van der Waals surface area contributed by atoms with Crippen LogP contribution >= 0.6 is 0 Å². The van der Waals surface area contributed by atoms with Crippen LogP contribution in [0.4, 0.5) is 0 Å². The number of amides is 1. The summed E-state index contributed by atoms with van der Waals surface area (Å²) in [7, 11) is 1.69. The Morgan fingerprint density at radius 1 is 1.00 bits per heavy atom. The van der Waals surface area contributed by atoms with Gasteiger partial charge in [-0.25, -0.2) is 4.98 Å². The highest BCUT2D eigenvalue weighted by Gasteiger charge is 2.35. The predicted molar refractivity (Wildman–Crippen MR) is 133 cm³/mol. The number of fused-ring (bicyclic) bond motifs is 1. The highest BCUT2D eigenvalue weighted by atomic mass is 35.5. The van der Waals surface area contributed by atoms with E-state index >= 15 is 0 Å². The second-order valence-corrected chi connectivity index (χ2v) is 9.71. The van der Waals surface area contributed by atoms with Crippen LogP contribution in [0, 0.1) is 5.92 Å². The molecule has 3 aromatic rings. The minimum Gasteiger partial charge on any atom is -1.00 e. The molecule has 182 valence electrons. The van der Waals surface area contributed by atoms with Crippen molar-refractivity contribution in [1.29, 1.82) is 0 Å². The normalized spacial score (nSPS) is 18.3. The number of nitrogens with one attached hydrogen (secondary N) is 1. The van der Waals surface area contributed by atoms with Gasteiger partial charge in [0.15, 0.2) is 0 Å². The summed E-state index contributed by atoms with van der Waals surface area (Å²) < 4.78 is 7.73. The molecule has 1 unspecified atom stereocenters. The average Bonchev–Trinajstić information content (AvgIpc) is 3.25. The number of hydrogen-bond donors (Lipinski definition) is 1. The quantitative estimate of drug-likeness (QED) is 0.587. The molecule has 5 rings (SSSR count). The van der Waals surface area contributed by atoms with Gasteiger partial charge in [-0.3, -0.25) is 4.79 Å². The Hall–Kier alpha value is -2.53. The first-order valence-corrected chi connectivity index (χ1v) is 12.7. The van der Waals surface area contributed by atoms with E-state index in [2.05, 4.69) is 22.0 Å². The molecule has 2 fully saturated rings. The van der Waals surface area contributed by atoms with Crippen molar-refractivity contribution in [2.24, 2.45) is 5.92 Å². The van der Waals surface area contributed by atoms with E-state index in [1.165, 1.54) is 38.5 Å². The van der Waals surface area contributed by atoms with E-state index in [0.717, 1.165) is 53.9 Å². The molecule has 1 N–H and O–H groups in total. The summed E-state index contributed by atoms with van der Waals surface area (Å²) in [6.07, 6.45) is 11.7. The summed E-state index contributed by atoms with van der Waals surface area (Å²) >= 11 is 0. The molecule has 2 aliphatic rings. The number of nitrogens with zero attached hydrogens (tertiary/aromatic N) is 2. The van der Waals surface area contributed by atoms with E-state index in [1.54, 1.807) is 7.11 Å². The Morgan fingerprint density at radius 2 is 1.71 bits per heavy atom. The summed E-state index contributed by atoms with van der Waals surface area (Å²) in [5, 5.41) is 3.46. The molecule has 0 bridgehead atoms. The van der Waals surface area contributed by atoms with Gasteiger partial charge in [0.1, 0.15) is 17.6 Å². The van der Waals surface area contributed by atoms with Crippen molar-refractivity contribution < 1.29 is 23.4 Å². The van der Waals surface area contributed by atoms with E-state index < -0.39 is 0 Å². The Morgan fingerprint density at radius 3 is 2.44 bits per heavy atom. The number of halogens is 1. The largest absolute Gasteiger partial charge is 1.00 e. The Balaban J connectivity index is 0.00000171. The fraction of sp³-hybridized carbons (Fsp3) is 0.500. The molecule has 2 aromatic carbocycles. The van der Waals surface area contributed by atoms with Gasteiger partial charge in [0.2, 0.25) is 5.91 Å². The molecule has 0 spiro atoms. The fourth-order valence-corrected chi connectivity index (χ4v) is 5.82. The summed E-state index contributed by atoms with van der Waals surface area (Å²) in [4.78, 5) is 19.0. The van der Waals surface area contributed by atoms with Crippen LogP contribution < -0.4 is 22.5 Å². The number of ether oxygens (including phenoxy) is 1. The zero-order valence-corrected chi connectivity index (χ0v) is 20.8. The SMILES string of the molecule is COc1cccc(-c2nc3ccccc3n2C(C(=O)NC2CCCCC2)C2CCCCC2)c1.[Cl-].[H+]. The van der Waals surface area contributed by atoms with Crippen molar-refractivity contribution in [1.82, 2.24) is 14.9 Å². The molecule has 0 radical (unpaired) electrons. The van der Waals surface area contributed by atoms with Crippen LogP contribution in [-0.2, 0) is 4.79 Å². The molecule has 5 nitrogen and oxygen atoms in total. The highest BCUT2D eigenvalue weighted by Crippen LogP contribution is 2.39. The van der Waals surface area contributed by atoms with Gasteiger partial charge in [-0.1, -0.05) is 62.8 Å². The number of carbonyl (C=O) groups is 1. The van der Waals surface area contributed by atoms with E-state index in [9.17, 15) is 4.79 Å². The minimum atomic E-state index is -0.249. The lowest BCUT2D eigenvalue weighted by Gasteiger charge is -2.33. The number of methoxy groups -OCH3 is 1. The topological polar surface area (TPSA) is 56.2 Å². The lowest BCUT2D eigenvalue weighted by atomic mass is 9.82. The summed E-state index contributed by atoms with van der Waals surface area (Å²) in [5.41, 5.74) is 2.95. The summed E-state index contributed by atoms with van der Waals surface area (Å²) in [6.45, 7) is 0. The number of aromatic nitrogens is 2. The van der Waals surface area contributed by atoms with Crippen molar-refractivity contribution in [3.05, 3.63) is 48.5 Å². The number of hydrogen-bond acceptors (Lipinski definition) is 3. The molecule has 6 heteroatoms. The standard InChI is InChI=1S/C28H35N3O2.ClH/c1-33-23-16-10-13-21(19-23)27-30-24-17-8-9-18-25(24)31(27)26(20-11-4-2-5-12-20)28(32)29-22-14-6-3-7-15-22;/h8-10,13,16-20,22,26H,2-7,11-12,14-15H2,1H3,(H,29,32);1H. The smallest absolute Gasteiger partial charge is 1.00 e. The van der Waals surface area contributed by atoms with Gasteiger partial charge in [0, 0.05) is 11.6 Å². The van der Waals surface area contributed by atoms with Crippen LogP contribution in [-0.4, -0.2) is 28.6 Å². The Kier molecular flexibility index (Phi) is 8.15. The van der Waals surface area contributed by atoms with Gasteiger partial charge in [0.05, 0.1) is 18.1 Å². The fourth-order valence-electron chi connectivity index (χ4n) is 5.82. The monoisotopic (exact) mass is 481 g/mol. The first kappa shape index (κ1) is 24.6. The minimum absolute atomic E-state index is 0. The molecule has 34 heavy (non-hydrogen) atoms. The number of benzene rings is 2. The van der Waals surface area contributed by atoms with Gasteiger partial charge in [-0.15, -0.1) is 0 Å². The van der Waals surface area contributed by atoms with E-state index in [-0.39, 0.29) is 25.8 Å². The highest BCUT2D eigenvalue weighted by molar-refractivity contribution is 5.87. The number of carbonyl (C=O) groups excluding carboxylic acids is 1. The molecule has 1 heterocycles. The van der Waals surface area contributed by atoms with Crippen molar-refractivity contribution in [3.63, 3.8) is 0 Å². The third-order valence-corrected chi connectivity index (χ3v) is 7.52. The molecule has 0 saturated heterocycles. The Bertz CT molecular complexity index is 1110. The van der Waals surface area contributed by atoms with Gasteiger partial charge in [-0.05, 0) is 55.9 Å². The van der Waals surface area contributed by atoms with Crippen LogP contribution in [0.25, 0.3) is 22.4 Å². The second kappa shape index (κ2) is 11.3. The van der Waals surface area contributed by atoms with Crippen LogP contribution in [0.5, 0.6) is 5.75 Å². The van der Waals surface area contributed by atoms with Crippen LogP contribution in [0.2, 0.25) is 0 Å². The number of imidazole rings is 1. The van der Waals surface area contributed by atoms with Gasteiger partial charge < -0.3 is 27.0 Å². The van der Waals surface area contributed by atoms with Gasteiger partial charge >= 0.3 is 1.43 Å². The molecule has 1 atom stereocenters. The lowest BCUT2D eigenvalue weighted by molar-refractivity contribution is -0.127. The van der Waals surface area contributed by atoms with Crippen molar-refractivity contribution in [2.75, 3.05) is 7.11 Å². The van der Waals surface area contributed by atoms with E-state index in [4.69, 9.17) is 9.72 Å². The zero-order valence-electron chi connectivity index (χ0n) is 21.0. The van der Waals surface area contributed by atoms with E-state index in [1.807, 2.05) is 36.4 Å². The third-order valence-electron chi connectivity index (χ3n) is 7.52. The molecular formula is C28H36ClN3O2. The zero-order chi connectivity index (χ0) is 22.6. The summed E-state index contributed by atoms with van der Waals surface area (Å²) in [6, 6.07) is 16.3. The molecule has 2 aliphatic carbocycles. The van der Waals surface area contributed by atoms with Crippen molar-refractivity contribution in [2.45, 2.75) is 76.3 Å². The van der Waals surface area contributed by atoms with Crippen molar-refractivity contribution >= 4 is 16.9 Å². The third kappa shape index (κ3) is 5.10. The number of rotatable bonds is 6. The summed E-state index contributed by atoms with van der Waals surface area (Å²) in [5.74, 6) is 2.14. The van der Waals surface area contributed by atoms with Gasteiger partial charge in [-0.2, -0.15) is 0 Å². The molecule has 1 amide bonds. The predicted octanol–water partition coefficient (Wildman–Crippen LogP) is 3.40. The van der Waals surface area contributed by atoms with Crippen LogP contribution in [0.3, 0.4) is 0 Å². The number of para-hydroxylation sites is 2. The van der Waals surface area contributed by atoms with Crippen molar-refractivity contribution in [3.8, 4) is 17.1 Å². The molecular weight excluding hydrogens is 446 g/mol. The maximum absolute atomic E-state index is 14.0. The maximum Gasteiger partial charge on any atom is 1.00 e. The Labute approximate surface area is 210 Å². The first-order valence-electron chi connectivity index (χ1n) is 12.7. The average molecular weight is 482 g/mol. The molecule has 1 aromatic heterocycles. The van der Waals surface area contributed by atoms with Gasteiger partial charge in [0.25, 0.3) is 0 Å². The van der Waals surface area contributed by atoms with E-state index in [0.29, 0.717) is 12.0 Å².